The number of carbonyl (C=O) groups is 2. The Hall–Kier alpha value is -5.18. The molecular formula is C25H36N11O9+. The Labute approximate surface area is 255 Å². The fraction of sp³-hybridized carbons (Fsp3) is 0.440. The van der Waals surface area contributed by atoms with Gasteiger partial charge in [-0.2, -0.15) is 0 Å². The third-order valence-electron chi connectivity index (χ3n) is 6.49. The molecule has 11 N–H and O–H groups in total. The van der Waals surface area contributed by atoms with Gasteiger partial charge in [-0.05, 0) is 23.8 Å². The lowest BCUT2D eigenvalue weighted by Gasteiger charge is -2.24. The Morgan fingerprint density at radius 3 is 2.64 bits per heavy atom. The number of guanidine groups is 1. The van der Waals surface area contributed by atoms with Crippen LogP contribution in [-0.4, -0.2) is 108 Å². The number of aliphatic imine (C=N–C) groups is 1. The highest BCUT2D eigenvalue weighted by Crippen LogP contribution is 2.32. The highest BCUT2D eigenvalue weighted by molar-refractivity contribution is 5.86. The summed E-state index contributed by atoms with van der Waals surface area (Å²) in [5.74, 6) is -0.950. The molecule has 4 rings (SSSR count). The number of alkyl carbamates (subject to hydrolysis) is 1. The van der Waals surface area contributed by atoms with Crippen molar-refractivity contribution in [3.63, 3.8) is 0 Å². The molecule has 244 valence electrons. The van der Waals surface area contributed by atoms with E-state index < -0.39 is 54.2 Å². The molecule has 0 aliphatic carbocycles. The molecule has 2 amide bonds. The number of nitrogens with zero attached hydrogens (tertiary/aromatic N) is 6. The second kappa shape index (κ2) is 16.6. The summed E-state index contributed by atoms with van der Waals surface area (Å²) >= 11 is 0. The van der Waals surface area contributed by atoms with Crippen molar-refractivity contribution in [2.45, 2.75) is 50.0 Å². The first-order valence-electron chi connectivity index (χ1n) is 13.5. The van der Waals surface area contributed by atoms with Gasteiger partial charge in [0.25, 0.3) is 5.96 Å². The number of hydrogen-bond acceptors (Lipinski definition) is 13. The Morgan fingerprint density at radius 2 is 1.96 bits per heavy atom. The van der Waals surface area contributed by atoms with E-state index in [-0.39, 0.29) is 48.9 Å². The number of anilines is 1. The van der Waals surface area contributed by atoms with Crippen LogP contribution in [0.4, 0.5) is 10.6 Å². The van der Waals surface area contributed by atoms with Crippen molar-refractivity contribution in [2.75, 3.05) is 26.0 Å². The van der Waals surface area contributed by atoms with Crippen molar-refractivity contribution in [3.8, 4) is 0 Å². The van der Waals surface area contributed by atoms with Crippen molar-refractivity contribution in [1.82, 2.24) is 35.6 Å². The number of hydrogen-bond donors (Lipinski definition) is 9. The molecule has 3 heterocycles. The number of rotatable bonds is 12. The summed E-state index contributed by atoms with van der Waals surface area (Å²) in [6.45, 7) is -0.578. The van der Waals surface area contributed by atoms with Gasteiger partial charge in [-0.15, -0.1) is 0 Å². The molecule has 0 saturated carbocycles. The second-order valence-electron chi connectivity index (χ2n) is 9.41. The molecule has 3 aromatic rings. The number of nitrogens with one attached hydrogen (secondary N) is 3. The van der Waals surface area contributed by atoms with Crippen LogP contribution < -0.4 is 27.5 Å². The third kappa shape index (κ3) is 9.15. The van der Waals surface area contributed by atoms with Gasteiger partial charge in [-0.25, -0.2) is 29.9 Å². The van der Waals surface area contributed by atoms with Gasteiger partial charge in [0, 0.05) is 13.7 Å². The van der Waals surface area contributed by atoms with E-state index in [4.69, 9.17) is 31.3 Å². The Kier molecular flexibility index (Phi) is 12.7. The molecule has 20 heteroatoms. The van der Waals surface area contributed by atoms with E-state index in [1.54, 1.807) is 24.3 Å². The predicted molar refractivity (Wildman–Crippen MR) is 155 cm³/mol. The van der Waals surface area contributed by atoms with E-state index in [9.17, 15) is 24.7 Å². The van der Waals surface area contributed by atoms with Gasteiger partial charge in [0.1, 0.15) is 41.6 Å². The largest absolute Gasteiger partial charge is 0.445 e. The molecule has 1 aliphatic rings. The monoisotopic (exact) mass is 634 g/mol. The minimum Gasteiger partial charge on any atom is -0.445 e. The maximum Gasteiger partial charge on any atom is 0.408 e. The zero-order chi connectivity index (χ0) is 32.9. The van der Waals surface area contributed by atoms with Crippen LogP contribution in [0, 0.1) is 4.91 Å². The highest BCUT2D eigenvalue weighted by Gasteiger charge is 2.46. The van der Waals surface area contributed by atoms with Crippen LogP contribution in [0.15, 0.2) is 48.0 Å². The summed E-state index contributed by atoms with van der Waals surface area (Å²) < 4.78 is 12.5. The molecule has 1 aliphatic heterocycles. The van der Waals surface area contributed by atoms with Crippen LogP contribution >= 0.6 is 0 Å². The van der Waals surface area contributed by atoms with Gasteiger partial charge >= 0.3 is 11.1 Å². The first-order valence-corrected chi connectivity index (χ1v) is 13.5. The van der Waals surface area contributed by atoms with Crippen molar-refractivity contribution in [3.05, 3.63) is 53.5 Å². The molecule has 45 heavy (non-hydrogen) atoms. The lowest BCUT2D eigenvalue weighted by molar-refractivity contribution is -0.822. The van der Waals surface area contributed by atoms with E-state index in [0.717, 1.165) is 12.7 Å². The number of ether oxygens (including phenoxy) is 2. The maximum absolute atomic E-state index is 13.4. The number of nitrogen functional groups attached to an aromatic ring is 1. The zero-order valence-corrected chi connectivity index (χ0v) is 24.1. The summed E-state index contributed by atoms with van der Waals surface area (Å²) in [5.41, 5.74) is 14.4. The normalized spacial score (nSPS) is 20.0. The van der Waals surface area contributed by atoms with Crippen molar-refractivity contribution in [2.24, 2.45) is 10.7 Å². The molecule has 5 unspecified atom stereocenters. The van der Waals surface area contributed by atoms with E-state index in [0.29, 0.717) is 0 Å². The number of nitrogens with two attached hydrogens (primary N) is 2. The van der Waals surface area contributed by atoms with Gasteiger partial charge in [-0.1, -0.05) is 30.3 Å². The Bertz CT molecular complexity index is 1460. The van der Waals surface area contributed by atoms with Crippen molar-refractivity contribution >= 4 is 34.9 Å². The second-order valence-corrected chi connectivity index (χ2v) is 9.41. The zero-order valence-electron chi connectivity index (χ0n) is 24.1. The molecule has 0 bridgehead atoms. The molecule has 0 radical (unpaired) electrons. The number of imidazole rings is 1. The SMILES string of the molecule is CO.NC(=NCCCC(NC(=O)OCc1ccccc1)C(=O)NC1C(CO)OC(n2cnc3c(N)ncnc32)C1O)N[N+](=O)O. The van der Waals surface area contributed by atoms with E-state index in [1.807, 2.05) is 11.5 Å². The minimum absolute atomic E-state index is 0.0202. The first kappa shape index (κ1) is 34.3. The van der Waals surface area contributed by atoms with E-state index >= 15 is 0 Å². The molecule has 1 fully saturated rings. The van der Waals surface area contributed by atoms with Gasteiger partial charge in [0.2, 0.25) is 5.91 Å². The molecule has 20 nitrogen and oxygen atoms in total. The van der Waals surface area contributed by atoms with E-state index in [1.165, 1.54) is 17.2 Å². The number of hydrazine groups is 1. The summed E-state index contributed by atoms with van der Waals surface area (Å²) in [6, 6.07) is 6.63. The molecule has 5 atom stereocenters. The summed E-state index contributed by atoms with van der Waals surface area (Å²) in [7, 11) is 1.00. The first-order chi connectivity index (χ1) is 21.7. The number of carbonyl (C=O) groups excluding carboxylic acids is 2. The number of aliphatic hydroxyl groups excluding tert-OH is 3. The number of benzene rings is 1. The van der Waals surface area contributed by atoms with Crippen molar-refractivity contribution < 1.29 is 44.6 Å². The fourth-order valence-electron chi connectivity index (χ4n) is 4.43. The average Bonchev–Trinajstić information content (AvgIpc) is 3.60. The van der Waals surface area contributed by atoms with Gasteiger partial charge in [0.15, 0.2) is 17.7 Å². The number of fused-ring (bicyclic) bond motifs is 1. The van der Waals surface area contributed by atoms with Crippen LogP contribution in [0.1, 0.15) is 24.6 Å². The van der Waals surface area contributed by atoms with Crippen LogP contribution in [0.2, 0.25) is 0 Å². The number of aliphatic hydroxyl groups is 3. The Balaban J connectivity index is 0.00000271. The maximum atomic E-state index is 13.4. The predicted octanol–water partition coefficient (Wildman–Crippen LogP) is -2.18. The fourth-order valence-corrected chi connectivity index (χ4v) is 4.43. The lowest BCUT2D eigenvalue weighted by atomic mass is 10.1. The molecule has 1 saturated heterocycles. The molecule has 0 spiro atoms. The van der Waals surface area contributed by atoms with Gasteiger partial charge in [-0.3, -0.25) is 9.36 Å². The quantitative estimate of drug-likeness (QED) is 0.0442. The van der Waals surface area contributed by atoms with Crippen LogP contribution in [-0.2, 0) is 20.9 Å². The number of amides is 2. The Morgan fingerprint density at radius 1 is 1.22 bits per heavy atom. The topological polar surface area (TPSA) is 298 Å². The standard InChI is InChI=1S/C24H31N11O8.CH4O/c25-19-17-20(29-11-28-19)34(12-30-17)22-18(37)16(15(9-36)43-22)32-21(38)14(7-4-8-27-23(26)33-35(40)41)31-24(39)42-10-13-5-2-1-3-6-13;1-2/h1-3,5-6,11-12,14-16,18,22,36-37H,4,7-10H2,(H7-,25,26,27,28,29,31,32,33,38,39,40,41);2H,1H3/p+1. The molecule has 1 aromatic carbocycles. The summed E-state index contributed by atoms with van der Waals surface area (Å²) in [5, 5.41) is 41.3. The highest BCUT2D eigenvalue weighted by atomic mass is 16.7. The molecular weight excluding hydrogens is 598 g/mol. The smallest absolute Gasteiger partial charge is 0.408 e. The summed E-state index contributed by atoms with van der Waals surface area (Å²) in [6.07, 6.45) is -1.58. The van der Waals surface area contributed by atoms with Crippen molar-refractivity contribution in [1.29, 1.82) is 0 Å². The van der Waals surface area contributed by atoms with Crippen LogP contribution in [0.3, 0.4) is 0 Å². The van der Waals surface area contributed by atoms with Crippen LogP contribution in [0.25, 0.3) is 11.2 Å². The van der Waals surface area contributed by atoms with Gasteiger partial charge in [0.05, 0.1) is 19.0 Å². The minimum atomic E-state index is -1.37. The van der Waals surface area contributed by atoms with Gasteiger partial charge < -0.3 is 46.9 Å². The average molecular weight is 635 g/mol. The number of aromatic nitrogens is 4. The van der Waals surface area contributed by atoms with Crippen LogP contribution in [0.5, 0.6) is 0 Å². The lowest BCUT2D eigenvalue weighted by Crippen LogP contribution is -2.55. The summed E-state index contributed by atoms with van der Waals surface area (Å²) in [4.78, 5) is 52.6. The third-order valence-corrected chi connectivity index (χ3v) is 6.49. The van der Waals surface area contributed by atoms with E-state index in [2.05, 4.69) is 30.6 Å². The molecule has 2 aromatic heterocycles.